The summed E-state index contributed by atoms with van der Waals surface area (Å²) in [5.41, 5.74) is 2.06. The van der Waals surface area contributed by atoms with Gasteiger partial charge in [-0.05, 0) is 55.0 Å². The molecule has 2 aliphatic heterocycles. The van der Waals surface area contributed by atoms with E-state index in [1.54, 1.807) is 17.0 Å². The molecule has 1 spiro atoms. The predicted molar refractivity (Wildman–Crippen MR) is 133 cm³/mol. The molecule has 2 saturated heterocycles. The lowest BCUT2D eigenvalue weighted by Crippen LogP contribution is -2.57. The predicted octanol–water partition coefficient (Wildman–Crippen LogP) is 5.12. The molecule has 0 radical (unpaired) electrons. The van der Waals surface area contributed by atoms with Crippen molar-refractivity contribution in [1.29, 1.82) is 5.41 Å². The average Bonchev–Trinajstić information content (AvgIpc) is 3.11. The van der Waals surface area contributed by atoms with Crippen molar-refractivity contribution in [2.24, 2.45) is 4.99 Å². The second-order valence-electron chi connectivity index (χ2n) is 9.67. The Labute approximate surface area is 200 Å². The van der Waals surface area contributed by atoms with E-state index in [0.717, 1.165) is 62.3 Å². The minimum absolute atomic E-state index is 0.220. The van der Waals surface area contributed by atoms with Gasteiger partial charge in [-0.3, -0.25) is 20.1 Å². The van der Waals surface area contributed by atoms with Crippen LogP contribution >= 0.6 is 0 Å². The molecule has 0 aromatic heterocycles. The quantitative estimate of drug-likeness (QED) is 0.607. The Morgan fingerprint density at radius 1 is 1.09 bits per heavy atom. The smallest absolute Gasteiger partial charge is 0.308 e. The van der Waals surface area contributed by atoms with Gasteiger partial charge in [0.15, 0.2) is 0 Å². The lowest BCUT2D eigenvalue weighted by atomic mass is 9.84. The number of hydrogen-bond acceptors (Lipinski definition) is 4. The molecule has 34 heavy (non-hydrogen) atoms. The number of carbonyl (C=O) groups is 1. The number of nitrogens with one attached hydrogen (secondary N) is 2. The maximum Gasteiger partial charge on any atom is 0.328 e. The summed E-state index contributed by atoms with van der Waals surface area (Å²) in [5, 5.41) is 10.8. The summed E-state index contributed by atoms with van der Waals surface area (Å²) < 4.78 is 14.1. The van der Waals surface area contributed by atoms with Crippen molar-refractivity contribution in [3.8, 4) is 0 Å². The van der Waals surface area contributed by atoms with Crippen LogP contribution in [0.3, 0.4) is 0 Å². The molecule has 0 bridgehead atoms. The third-order valence-corrected chi connectivity index (χ3v) is 7.54. The van der Waals surface area contributed by atoms with E-state index in [-0.39, 0.29) is 17.9 Å². The number of halogens is 1. The molecule has 7 heteroatoms. The summed E-state index contributed by atoms with van der Waals surface area (Å²) >= 11 is 0. The van der Waals surface area contributed by atoms with Gasteiger partial charge in [0.05, 0.1) is 6.04 Å². The third kappa shape index (κ3) is 4.37. The first-order valence-corrected chi connectivity index (χ1v) is 12.3. The van der Waals surface area contributed by atoms with E-state index in [1.807, 2.05) is 18.2 Å². The van der Waals surface area contributed by atoms with Crippen LogP contribution in [0.1, 0.15) is 56.1 Å². The molecule has 178 valence electrons. The number of rotatable bonds is 5. The Hall–Kier alpha value is -3.06. The molecule has 6 nitrogen and oxygen atoms in total. The molecule has 1 aliphatic carbocycles. The number of aliphatic imine (C=N–C) groups is 1. The Kier molecular flexibility index (Phi) is 6.46. The monoisotopic (exact) mass is 461 g/mol. The van der Waals surface area contributed by atoms with Crippen LogP contribution in [-0.4, -0.2) is 47.7 Å². The molecular formula is C27H32FN5O. The zero-order valence-corrected chi connectivity index (χ0v) is 19.5. The number of likely N-dealkylation sites (tertiary alicyclic amines) is 1. The lowest BCUT2D eigenvalue weighted by Gasteiger charge is -2.44. The van der Waals surface area contributed by atoms with Crippen LogP contribution < -0.4 is 10.2 Å². The van der Waals surface area contributed by atoms with Gasteiger partial charge in [-0.25, -0.2) is 9.18 Å². The van der Waals surface area contributed by atoms with Crippen molar-refractivity contribution in [1.82, 2.24) is 10.2 Å². The summed E-state index contributed by atoms with van der Waals surface area (Å²) in [4.78, 5) is 22.5. The maximum absolute atomic E-state index is 14.1. The third-order valence-electron chi connectivity index (χ3n) is 7.54. The minimum atomic E-state index is -0.583. The van der Waals surface area contributed by atoms with Gasteiger partial charge in [0.25, 0.3) is 0 Å². The molecule has 5 rings (SSSR count). The first kappa shape index (κ1) is 22.7. The zero-order chi connectivity index (χ0) is 23.5. The van der Waals surface area contributed by atoms with Gasteiger partial charge >= 0.3 is 6.03 Å². The van der Waals surface area contributed by atoms with Gasteiger partial charge in [-0.15, -0.1) is 0 Å². The SMILES string of the molecule is N=Cc1ccccc1CN1CCC2(CC1)C(=NC1CCCCC1)NC(=O)N2c1cccc(F)c1. The number of nitrogens with zero attached hydrogens (tertiary/aromatic N) is 3. The molecule has 2 heterocycles. The molecule has 3 fully saturated rings. The van der Waals surface area contributed by atoms with Crippen molar-refractivity contribution < 1.29 is 9.18 Å². The van der Waals surface area contributed by atoms with Crippen molar-refractivity contribution >= 4 is 23.8 Å². The van der Waals surface area contributed by atoms with Gasteiger partial charge in [-0.2, -0.15) is 0 Å². The maximum atomic E-state index is 14.1. The molecule has 0 atom stereocenters. The Balaban J connectivity index is 1.43. The number of urea groups is 1. The van der Waals surface area contributed by atoms with Crippen LogP contribution in [0.15, 0.2) is 53.5 Å². The van der Waals surface area contributed by atoms with Crippen LogP contribution in [0.5, 0.6) is 0 Å². The summed E-state index contributed by atoms with van der Waals surface area (Å²) in [5.74, 6) is 0.409. The highest BCUT2D eigenvalue weighted by molar-refractivity contribution is 6.19. The van der Waals surface area contributed by atoms with E-state index in [9.17, 15) is 9.18 Å². The number of amides is 2. The number of anilines is 1. The fraction of sp³-hybridized carbons (Fsp3) is 0.444. The minimum Gasteiger partial charge on any atom is -0.308 e. The van der Waals surface area contributed by atoms with Crippen molar-refractivity contribution in [3.05, 3.63) is 65.5 Å². The fourth-order valence-electron chi connectivity index (χ4n) is 5.70. The fourth-order valence-corrected chi connectivity index (χ4v) is 5.70. The topological polar surface area (TPSA) is 71.8 Å². The largest absolute Gasteiger partial charge is 0.328 e. The molecule has 2 amide bonds. The molecule has 1 saturated carbocycles. The normalized spacial score (nSPS) is 22.3. The number of piperidine rings is 1. The number of benzene rings is 2. The van der Waals surface area contributed by atoms with Crippen molar-refractivity contribution in [2.45, 2.75) is 63.1 Å². The molecular weight excluding hydrogens is 429 g/mol. The van der Waals surface area contributed by atoms with Crippen molar-refractivity contribution in [3.63, 3.8) is 0 Å². The molecule has 2 aromatic rings. The molecule has 0 unspecified atom stereocenters. The van der Waals surface area contributed by atoms with Gasteiger partial charge in [0, 0.05) is 31.5 Å². The van der Waals surface area contributed by atoms with Gasteiger partial charge < -0.3 is 5.41 Å². The van der Waals surface area contributed by atoms with Crippen LogP contribution in [0.25, 0.3) is 0 Å². The van der Waals surface area contributed by atoms with E-state index < -0.39 is 5.54 Å². The van der Waals surface area contributed by atoms with E-state index >= 15 is 0 Å². The number of amidine groups is 1. The summed E-state index contributed by atoms with van der Waals surface area (Å²) in [7, 11) is 0. The summed E-state index contributed by atoms with van der Waals surface area (Å²) in [6, 6.07) is 14.3. The van der Waals surface area contributed by atoms with E-state index in [4.69, 9.17) is 10.4 Å². The summed E-state index contributed by atoms with van der Waals surface area (Å²) in [6.45, 7) is 2.34. The zero-order valence-electron chi connectivity index (χ0n) is 19.5. The lowest BCUT2D eigenvalue weighted by molar-refractivity contribution is 0.184. The van der Waals surface area contributed by atoms with Crippen LogP contribution in [0.2, 0.25) is 0 Å². The highest BCUT2D eigenvalue weighted by atomic mass is 19.1. The van der Waals surface area contributed by atoms with Gasteiger partial charge in [-0.1, -0.05) is 49.6 Å². The second kappa shape index (κ2) is 9.66. The van der Waals surface area contributed by atoms with E-state index in [0.29, 0.717) is 5.69 Å². The highest BCUT2D eigenvalue weighted by Gasteiger charge is 2.53. The van der Waals surface area contributed by atoms with Crippen LogP contribution in [0, 0.1) is 11.2 Å². The second-order valence-corrected chi connectivity index (χ2v) is 9.67. The Morgan fingerprint density at radius 2 is 1.85 bits per heavy atom. The first-order valence-electron chi connectivity index (χ1n) is 12.3. The van der Waals surface area contributed by atoms with E-state index in [1.165, 1.54) is 37.6 Å². The Bertz CT molecular complexity index is 1090. The number of hydrogen-bond donors (Lipinski definition) is 2. The van der Waals surface area contributed by atoms with Crippen molar-refractivity contribution in [2.75, 3.05) is 18.0 Å². The summed E-state index contributed by atoms with van der Waals surface area (Å²) in [6.07, 6.45) is 8.57. The molecule has 2 N–H and O–H groups in total. The molecule has 2 aromatic carbocycles. The molecule has 3 aliphatic rings. The standard InChI is InChI=1S/C27H32FN5O/c28-22-9-6-12-24(17-22)33-26(34)31-25(30-23-10-2-1-3-11-23)27(33)13-15-32(16-14-27)19-21-8-5-4-7-20(21)18-29/h4-9,12,17-18,23,29H,1-3,10-11,13-16,19H2,(H,30,31,34). The van der Waals surface area contributed by atoms with Crippen LogP contribution in [-0.2, 0) is 6.54 Å². The Morgan fingerprint density at radius 3 is 2.59 bits per heavy atom. The van der Waals surface area contributed by atoms with E-state index in [2.05, 4.69) is 16.3 Å². The van der Waals surface area contributed by atoms with Gasteiger partial charge in [0.1, 0.15) is 17.2 Å². The average molecular weight is 462 g/mol. The van der Waals surface area contributed by atoms with Gasteiger partial charge in [0.2, 0.25) is 0 Å². The first-order chi connectivity index (χ1) is 16.6. The number of carbonyl (C=O) groups excluding carboxylic acids is 1. The highest BCUT2D eigenvalue weighted by Crippen LogP contribution is 2.39. The van der Waals surface area contributed by atoms with Crippen LogP contribution in [0.4, 0.5) is 14.9 Å².